The summed E-state index contributed by atoms with van der Waals surface area (Å²) in [5.41, 5.74) is 9.27. The molecule has 1 aliphatic rings. The first kappa shape index (κ1) is 11.7. The van der Waals surface area contributed by atoms with Crippen molar-refractivity contribution in [3.05, 3.63) is 35.4 Å². The Hall–Kier alpha value is -0.820. The second-order valence-electron chi connectivity index (χ2n) is 5.23. The summed E-state index contributed by atoms with van der Waals surface area (Å²) >= 11 is 0. The molecule has 0 bridgehead atoms. The molecule has 1 aliphatic carbocycles. The lowest BCUT2D eigenvalue weighted by Crippen LogP contribution is -2.33. The molecule has 0 heterocycles. The van der Waals surface area contributed by atoms with Crippen molar-refractivity contribution in [2.75, 3.05) is 0 Å². The van der Waals surface area contributed by atoms with E-state index in [1.54, 1.807) is 0 Å². The quantitative estimate of drug-likeness (QED) is 0.822. The second-order valence-corrected chi connectivity index (χ2v) is 5.23. The fourth-order valence-corrected chi connectivity index (χ4v) is 2.89. The molecule has 2 atom stereocenters. The molecular formula is C15H23N. The van der Waals surface area contributed by atoms with Gasteiger partial charge in [-0.25, -0.2) is 0 Å². The molecule has 1 aromatic carbocycles. The summed E-state index contributed by atoms with van der Waals surface area (Å²) in [5, 5.41) is 0. The number of rotatable bonds is 3. The predicted molar refractivity (Wildman–Crippen MR) is 69.3 cm³/mol. The molecule has 1 nitrogen and oxygen atoms in total. The molecule has 16 heavy (non-hydrogen) atoms. The number of hydrogen-bond acceptors (Lipinski definition) is 1. The van der Waals surface area contributed by atoms with Gasteiger partial charge in [0.15, 0.2) is 0 Å². The summed E-state index contributed by atoms with van der Waals surface area (Å²) in [4.78, 5) is 0. The van der Waals surface area contributed by atoms with Gasteiger partial charge in [0.1, 0.15) is 0 Å². The Morgan fingerprint density at radius 1 is 1.38 bits per heavy atom. The van der Waals surface area contributed by atoms with E-state index in [4.69, 9.17) is 5.73 Å². The highest BCUT2D eigenvalue weighted by atomic mass is 14.8. The predicted octanol–water partition coefficient (Wildman–Crippen LogP) is 3.61. The third-order valence-corrected chi connectivity index (χ3v) is 4.14. The number of nitrogens with two attached hydrogens (primary N) is 1. The highest BCUT2D eigenvalue weighted by molar-refractivity contribution is 5.30. The molecule has 2 unspecified atom stereocenters. The van der Waals surface area contributed by atoms with E-state index in [2.05, 4.69) is 38.1 Å². The van der Waals surface area contributed by atoms with Gasteiger partial charge >= 0.3 is 0 Å². The minimum absolute atomic E-state index is 0.0497. The summed E-state index contributed by atoms with van der Waals surface area (Å²) in [6.07, 6.45) is 5.98. The average Bonchev–Trinajstić information content (AvgIpc) is 2.73. The maximum Gasteiger partial charge on any atom is 0.0412 e. The van der Waals surface area contributed by atoms with Gasteiger partial charge < -0.3 is 5.73 Å². The second kappa shape index (κ2) is 4.58. The van der Waals surface area contributed by atoms with Crippen LogP contribution in [-0.2, 0) is 12.0 Å². The largest absolute Gasteiger partial charge is 0.321 e. The monoisotopic (exact) mass is 217 g/mol. The van der Waals surface area contributed by atoms with Gasteiger partial charge in [-0.3, -0.25) is 0 Å². The zero-order valence-corrected chi connectivity index (χ0v) is 10.5. The van der Waals surface area contributed by atoms with Gasteiger partial charge in [-0.15, -0.1) is 0 Å². The van der Waals surface area contributed by atoms with Crippen LogP contribution in [0.5, 0.6) is 0 Å². The topological polar surface area (TPSA) is 26.0 Å². The summed E-state index contributed by atoms with van der Waals surface area (Å²) in [6.45, 7) is 4.48. The Morgan fingerprint density at radius 3 is 2.81 bits per heavy atom. The summed E-state index contributed by atoms with van der Waals surface area (Å²) in [5.74, 6) is 0.829. The lowest BCUT2D eigenvalue weighted by atomic mass is 9.87. The molecule has 2 N–H and O–H groups in total. The third-order valence-electron chi connectivity index (χ3n) is 4.14. The zero-order chi connectivity index (χ0) is 11.6. The van der Waals surface area contributed by atoms with Crippen LogP contribution in [0.15, 0.2) is 24.3 Å². The van der Waals surface area contributed by atoms with Crippen LogP contribution in [0.3, 0.4) is 0 Å². The lowest BCUT2D eigenvalue weighted by Gasteiger charge is -2.25. The van der Waals surface area contributed by atoms with Crippen LogP contribution in [0.4, 0.5) is 0 Å². The van der Waals surface area contributed by atoms with Gasteiger partial charge in [0.2, 0.25) is 0 Å². The minimum Gasteiger partial charge on any atom is -0.321 e. The van der Waals surface area contributed by atoms with E-state index in [9.17, 15) is 0 Å². The van der Waals surface area contributed by atoms with Gasteiger partial charge in [0.05, 0.1) is 0 Å². The first-order valence-corrected chi connectivity index (χ1v) is 6.56. The molecule has 1 fully saturated rings. The normalized spacial score (nSPS) is 29.6. The van der Waals surface area contributed by atoms with Crippen molar-refractivity contribution in [2.45, 2.75) is 51.5 Å². The van der Waals surface area contributed by atoms with E-state index in [-0.39, 0.29) is 5.54 Å². The molecule has 1 saturated carbocycles. The van der Waals surface area contributed by atoms with Gasteiger partial charge in [-0.05, 0) is 42.7 Å². The third kappa shape index (κ3) is 2.15. The van der Waals surface area contributed by atoms with E-state index in [0.717, 1.165) is 25.2 Å². The van der Waals surface area contributed by atoms with E-state index in [0.29, 0.717) is 0 Å². The fraction of sp³-hybridized carbons (Fsp3) is 0.600. The molecule has 88 valence electrons. The molecule has 0 radical (unpaired) electrons. The van der Waals surface area contributed by atoms with E-state index < -0.39 is 0 Å². The average molecular weight is 217 g/mol. The first-order valence-electron chi connectivity index (χ1n) is 6.56. The van der Waals surface area contributed by atoms with Crippen molar-refractivity contribution in [2.24, 2.45) is 11.7 Å². The van der Waals surface area contributed by atoms with Crippen molar-refractivity contribution in [1.29, 1.82) is 0 Å². The molecule has 1 heteroatoms. The van der Waals surface area contributed by atoms with Crippen LogP contribution in [-0.4, -0.2) is 0 Å². The highest BCUT2D eigenvalue weighted by Gasteiger charge is 2.36. The van der Waals surface area contributed by atoms with Crippen LogP contribution in [0.25, 0.3) is 0 Å². The van der Waals surface area contributed by atoms with Crippen molar-refractivity contribution < 1.29 is 0 Å². The van der Waals surface area contributed by atoms with Gasteiger partial charge in [-0.2, -0.15) is 0 Å². The smallest absolute Gasteiger partial charge is 0.0412 e. The molecule has 0 saturated heterocycles. The van der Waals surface area contributed by atoms with E-state index in [1.165, 1.54) is 24.0 Å². The van der Waals surface area contributed by atoms with Crippen molar-refractivity contribution in [3.63, 3.8) is 0 Å². The van der Waals surface area contributed by atoms with Crippen LogP contribution in [0.1, 0.15) is 50.7 Å². The fourth-order valence-electron chi connectivity index (χ4n) is 2.89. The van der Waals surface area contributed by atoms with Crippen LogP contribution in [0.2, 0.25) is 0 Å². The van der Waals surface area contributed by atoms with Crippen LogP contribution in [0, 0.1) is 5.92 Å². The molecule has 2 rings (SSSR count). The van der Waals surface area contributed by atoms with Crippen LogP contribution < -0.4 is 5.73 Å². The van der Waals surface area contributed by atoms with E-state index in [1.807, 2.05) is 0 Å². The zero-order valence-electron chi connectivity index (χ0n) is 10.5. The Bertz CT molecular complexity index is 358. The Labute approximate surface area is 99.0 Å². The van der Waals surface area contributed by atoms with E-state index >= 15 is 0 Å². The maximum absolute atomic E-state index is 6.57. The SMILES string of the molecule is CCc1cccc(C2(N)CCC(CC)C2)c1. The summed E-state index contributed by atoms with van der Waals surface area (Å²) in [7, 11) is 0. The van der Waals surface area contributed by atoms with Crippen molar-refractivity contribution in [1.82, 2.24) is 0 Å². The van der Waals surface area contributed by atoms with Crippen molar-refractivity contribution >= 4 is 0 Å². The Kier molecular flexibility index (Phi) is 3.34. The van der Waals surface area contributed by atoms with Gasteiger partial charge in [0, 0.05) is 5.54 Å². The van der Waals surface area contributed by atoms with Crippen LogP contribution >= 0.6 is 0 Å². The standard InChI is InChI=1S/C15H23N/c1-3-12-6-5-7-14(10-12)15(16)9-8-13(4-2)11-15/h5-7,10,13H,3-4,8-9,11,16H2,1-2H3. The molecule has 1 aromatic rings. The number of hydrogen-bond donors (Lipinski definition) is 1. The maximum atomic E-state index is 6.57. The Balaban J connectivity index is 2.22. The number of aryl methyl sites for hydroxylation is 1. The highest BCUT2D eigenvalue weighted by Crippen LogP contribution is 2.41. The summed E-state index contributed by atoms with van der Waals surface area (Å²) < 4.78 is 0. The minimum atomic E-state index is -0.0497. The van der Waals surface area contributed by atoms with Gasteiger partial charge in [0.25, 0.3) is 0 Å². The molecule has 0 aromatic heterocycles. The summed E-state index contributed by atoms with van der Waals surface area (Å²) in [6, 6.07) is 8.86. The van der Waals surface area contributed by atoms with Crippen molar-refractivity contribution in [3.8, 4) is 0 Å². The van der Waals surface area contributed by atoms with Gasteiger partial charge in [-0.1, -0.05) is 44.5 Å². The molecule has 0 spiro atoms. The number of benzene rings is 1. The molecule has 0 aliphatic heterocycles. The molecular weight excluding hydrogens is 194 g/mol. The molecule has 0 amide bonds. The Morgan fingerprint density at radius 2 is 2.19 bits per heavy atom. The lowest BCUT2D eigenvalue weighted by molar-refractivity contribution is 0.424. The first-order chi connectivity index (χ1) is 7.68.